The number of aryl methyl sites for hydroxylation is 1. The van der Waals surface area contributed by atoms with Crippen LogP contribution in [0.4, 0.5) is 0 Å². The number of hydrogen-bond donors (Lipinski definition) is 2. The molecule has 2 N–H and O–H groups in total. The Bertz CT molecular complexity index is 1300. The second-order valence-electron chi connectivity index (χ2n) is 9.36. The van der Waals surface area contributed by atoms with E-state index >= 15 is 0 Å². The van der Waals surface area contributed by atoms with Gasteiger partial charge in [0.25, 0.3) is 0 Å². The van der Waals surface area contributed by atoms with Crippen molar-refractivity contribution >= 4 is 5.91 Å². The summed E-state index contributed by atoms with van der Waals surface area (Å²) in [6, 6.07) is 8.44. The lowest BCUT2D eigenvalue weighted by Gasteiger charge is -2.28. The van der Waals surface area contributed by atoms with Gasteiger partial charge in [-0.2, -0.15) is 10.2 Å². The zero-order valence-corrected chi connectivity index (χ0v) is 20.4. The molecule has 9 heteroatoms. The van der Waals surface area contributed by atoms with E-state index in [-0.39, 0.29) is 24.5 Å². The number of aliphatic hydroxyl groups is 1. The topological polar surface area (TPSA) is 111 Å². The van der Waals surface area contributed by atoms with Crippen LogP contribution in [0.1, 0.15) is 38.1 Å². The van der Waals surface area contributed by atoms with Crippen molar-refractivity contribution in [2.24, 2.45) is 13.0 Å². The number of benzene rings is 1. The van der Waals surface area contributed by atoms with Crippen molar-refractivity contribution in [2.45, 2.75) is 38.1 Å². The maximum atomic E-state index is 12.3. The second-order valence-corrected chi connectivity index (χ2v) is 9.36. The first-order chi connectivity index (χ1) is 17.6. The molecule has 1 aliphatic carbocycles. The van der Waals surface area contributed by atoms with Crippen LogP contribution in [0.15, 0.2) is 61.4 Å². The zero-order chi connectivity index (χ0) is 24.9. The van der Waals surface area contributed by atoms with Gasteiger partial charge < -0.3 is 10.4 Å². The minimum atomic E-state index is 0.0487. The van der Waals surface area contributed by atoms with Crippen molar-refractivity contribution in [1.29, 1.82) is 0 Å². The molecule has 1 amide bonds. The molecule has 4 aromatic rings. The van der Waals surface area contributed by atoms with Crippen molar-refractivity contribution in [3.8, 4) is 33.6 Å². The molecule has 0 saturated heterocycles. The van der Waals surface area contributed by atoms with Gasteiger partial charge in [-0.3, -0.25) is 14.2 Å². The molecule has 0 bridgehead atoms. The standard InChI is InChI=1S/C27H31N7O2/c1-33-17-23(15-31-33)20-4-2-5-21(12-20)26-29-13-22(14-30-26)24-16-32-34(18-24)25-8-6-19(7-9-25)27(36)28-10-3-11-35/h2,4-5,12-19,25,35H,3,6-11H2,1H3,(H,28,36). The molecule has 3 aromatic heterocycles. The summed E-state index contributed by atoms with van der Waals surface area (Å²) in [5.74, 6) is 0.825. The van der Waals surface area contributed by atoms with Gasteiger partial charge in [-0.1, -0.05) is 18.2 Å². The number of aliphatic hydroxyl groups excluding tert-OH is 1. The number of amides is 1. The van der Waals surface area contributed by atoms with E-state index in [1.165, 1.54) is 0 Å². The van der Waals surface area contributed by atoms with Gasteiger partial charge >= 0.3 is 0 Å². The van der Waals surface area contributed by atoms with Crippen LogP contribution in [-0.4, -0.2) is 53.7 Å². The zero-order valence-electron chi connectivity index (χ0n) is 20.4. The minimum Gasteiger partial charge on any atom is -0.396 e. The molecule has 9 nitrogen and oxygen atoms in total. The lowest BCUT2D eigenvalue weighted by molar-refractivity contribution is -0.126. The maximum absolute atomic E-state index is 12.3. The lowest BCUT2D eigenvalue weighted by atomic mass is 9.85. The van der Waals surface area contributed by atoms with Gasteiger partial charge in [0.05, 0.1) is 18.4 Å². The minimum absolute atomic E-state index is 0.0487. The summed E-state index contributed by atoms with van der Waals surface area (Å²) in [4.78, 5) is 21.5. The Morgan fingerprint density at radius 3 is 2.39 bits per heavy atom. The molecule has 36 heavy (non-hydrogen) atoms. The molecule has 3 heterocycles. The van der Waals surface area contributed by atoms with Gasteiger partial charge in [0.15, 0.2) is 5.82 Å². The van der Waals surface area contributed by atoms with Crippen LogP contribution < -0.4 is 5.32 Å². The molecule has 1 aromatic carbocycles. The van der Waals surface area contributed by atoms with Crippen molar-refractivity contribution in [3.05, 3.63) is 61.4 Å². The van der Waals surface area contributed by atoms with E-state index in [4.69, 9.17) is 5.11 Å². The Morgan fingerprint density at radius 2 is 1.67 bits per heavy atom. The Morgan fingerprint density at radius 1 is 0.944 bits per heavy atom. The van der Waals surface area contributed by atoms with Crippen molar-refractivity contribution in [1.82, 2.24) is 34.8 Å². The Balaban J connectivity index is 1.22. The molecule has 1 saturated carbocycles. The Kier molecular flexibility index (Phi) is 7.18. The highest BCUT2D eigenvalue weighted by atomic mass is 16.3. The summed E-state index contributed by atoms with van der Waals surface area (Å²) in [7, 11) is 1.91. The third-order valence-electron chi connectivity index (χ3n) is 6.82. The molecule has 0 atom stereocenters. The van der Waals surface area contributed by atoms with Crippen LogP contribution in [0, 0.1) is 5.92 Å². The van der Waals surface area contributed by atoms with E-state index < -0.39 is 0 Å². The largest absolute Gasteiger partial charge is 0.396 e. The number of hydrogen-bond acceptors (Lipinski definition) is 6. The van der Waals surface area contributed by atoms with Gasteiger partial charge in [-0.15, -0.1) is 0 Å². The summed E-state index contributed by atoms with van der Waals surface area (Å²) >= 11 is 0. The van der Waals surface area contributed by atoms with E-state index in [0.717, 1.165) is 53.5 Å². The molecular formula is C27H31N7O2. The molecule has 5 rings (SSSR count). The molecule has 0 unspecified atom stereocenters. The van der Waals surface area contributed by atoms with Gasteiger partial charge in [-0.25, -0.2) is 9.97 Å². The van der Waals surface area contributed by atoms with Crippen LogP contribution in [0.25, 0.3) is 33.6 Å². The summed E-state index contributed by atoms with van der Waals surface area (Å²) in [5, 5.41) is 20.7. The molecular weight excluding hydrogens is 454 g/mol. The van der Waals surface area contributed by atoms with Crippen LogP contribution in [0.3, 0.4) is 0 Å². The van der Waals surface area contributed by atoms with Crippen LogP contribution in [0.5, 0.6) is 0 Å². The Hall–Kier alpha value is -3.85. The lowest BCUT2D eigenvalue weighted by Crippen LogP contribution is -2.34. The van der Waals surface area contributed by atoms with E-state index in [2.05, 4.69) is 37.6 Å². The van der Waals surface area contributed by atoms with E-state index in [1.54, 1.807) is 4.68 Å². The highest BCUT2D eigenvalue weighted by Gasteiger charge is 2.27. The highest BCUT2D eigenvalue weighted by Crippen LogP contribution is 2.33. The highest BCUT2D eigenvalue weighted by molar-refractivity contribution is 5.78. The second kappa shape index (κ2) is 10.8. The Labute approximate surface area is 210 Å². The quantitative estimate of drug-likeness (QED) is 0.369. The number of nitrogens with zero attached hydrogens (tertiary/aromatic N) is 6. The monoisotopic (exact) mass is 485 g/mol. The van der Waals surface area contributed by atoms with Gasteiger partial charge in [0, 0.05) is 73.2 Å². The van der Waals surface area contributed by atoms with Gasteiger partial charge in [0.2, 0.25) is 5.91 Å². The average Bonchev–Trinajstić information content (AvgIpc) is 3.59. The van der Waals surface area contributed by atoms with Crippen molar-refractivity contribution < 1.29 is 9.90 Å². The van der Waals surface area contributed by atoms with Crippen molar-refractivity contribution in [2.75, 3.05) is 13.2 Å². The fourth-order valence-corrected chi connectivity index (χ4v) is 4.76. The molecule has 1 aliphatic rings. The fourth-order valence-electron chi connectivity index (χ4n) is 4.76. The molecule has 0 spiro atoms. The first kappa shape index (κ1) is 23.9. The number of rotatable bonds is 8. The molecule has 0 radical (unpaired) electrons. The summed E-state index contributed by atoms with van der Waals surface area (Å²) in [6.45, 7) is 0.635. The number of nitrogens with one attached hydrogen (secondary N) is 1. The van der Waals surface area contributed by atoms with Crippen molar-refractivity contribution in [3.63, 3.8) is 0 Å². The smallest absolute Gasteiger partial charge is 0.223 e. The maximum Gasteiger partial charge on any atom is 0.223 e. The van der Waals surface area contributed by atoms with Crippen LogP contribution >= 0.6 is 0 Å². The summed E-state index contributed by atoms with van der Waals surface area (Å²) in [6.07, 6.45) is 15.6. The first-order valence-electron chi connectivity index (χ1n) is 12.5. The average molecular weight is 486 g/mol. The summed E-state index contributed by atoms with van der Waals surface area (Å²) < 4.78 is 3.80. The number of carbonyl (C=O) groups is 1. The number of carbonyl (C=O) groups excluding carboxylic acids is 1. The van der Waals surface area contributed by atoms with Crippen LogP contribution in [-0.2, 0) is 11.8 Å². The summed E-state index contributed by atoms with van der Waals surface area (Å²) in [5.41, 5.74) is 4.99. The SMILES string of the molecule is Cn1cc(-c2cccc(-c3ncc(-c4cnn(C5CCC(C(=O)NCCCO)CC5)c4)cn3)c2)cn1. The van der Waals surface area contributed by atoms with Gasteiger partial charge in [0.1, 0.15) is 0 Å². The third kappa shape index (κ3) is 5.36. The first-order valence-corrected chi connectivity index (χ1v) is 12.5. The number of aromatic nitrogens is 6. The van der Waals surface area contributed by atoms with Gasteiger partial charge in [-0.05, 0) is 43.7 Å². The van der Waals surface area contributed by atoms with E-state index in [1.807, 2.05) is 61.0 Å². The fraction of sp³-hybridized carbons (Fsp3) is 0.370. The molecule has 1 fully saturated rings. The van der Waals surface area contributed by atoms with E-state index in [0.29, 0.717) is 18.8 Å². The predicted molar refractivity (Wildman–Crippen MR) is 137 cm³/mol. The van der Waals surface area contributed by atoms with Crippen LogP contribution in [0.2, 0.25) is 0 Å². The predicted octanol–water partition coefficient (Wildman–Crippen LogP) is 3.64. The van der Waals surface area contributed by atoms with E-state index in [9.17, 15) is 4.79 Å². The normalized spacial score (nSPS) is 17.7. The molecule has 186 valence electrons. The third-order valence-corrected chi connectivity index (χ3v) is 6.82. The molecule has 0 aliphatic heterocycles.